The molecule has 2 aliphatic rings. The molecule has 2 heterocycles. The number of aliphatic hydroxyl groups excluding tert-OH is 7. The third kappa shape index (κ3) is 8.70. The van der Waals surface area contributed by atoms with E-state index in [-0.39, 0.29) is 0 Å². The van der Waals surface area contributed by atoms with Gasteiger partial charge in [-0.3, -0.25) is 0 Å². The molecule has 0 amide bonds. The predicted molar refractivity (Wildman–Crippen MR) is 129 cm³/mol. The fourth-order valence-corrected chi connectivity index (χ4v) is 6.58. The Balaban J connectivity index is 1.78. The van der Waals surface area contributed by atoms with Gasteiger partial charge < -0.3 is 50.0 Å². The minimum atomic E-state index is -1.67. The molecule has 0 aromatic rings. The minimum absolute atomic E-state index is 0.522. The lowest BCUT2D eigenvalue weighted by Crippen LogP contribution is -2.64. The van der Waals surface area contributed by atoms with Crippen LogP contribution in [0.15, 0.2) is 0 Å². The fraction of sp³-hybridized carbons (Fsp3) is 1.00. The van der Waals surface area contributed by atoms with E-state index in [1.807, 2.05) is 0 Å². The van der Waals surface area contributed by atoms with Crippen molar-refractivity contribution in [2.24, 2.45) is 0 Å². The summed E-state index contributed by atoms with van der Waals surface area (Å²) in [7, 11) is 2.82. The van der Waals surface area contributed by atoms with E-state index in [0.717, 1.165) is 18.6 Å². The third-order valence-corrected chi connectivity index (χ3v) is 8.85. The van der Waals surface area contributed by atoms with Gasteiger partial charge in [0.2, 0.25) is 0 Å². The largest absolute Gasteiger partial charge is 0.394 e. The van der Waals surface area contributed by atoms with Gasteiger partial charge in [-0.05, 0) is 6.42 Å². The molecule has 0 aromatic heterocycles. The summed E-state index contributed by atoms with van der Waals surface area (Å²) in [4.78, 5) is 0. The zero-order valence-corrected chi connectivity index (χ0v) is 21.4. The maximum absolute atomic E-state index is 10.6. The Bertz CT molecular complexity index is 544. The van der Waals surface area contributed by atoms with Crippen LogP contribution in [0.4, 0.5) is 0 Å². The molecule has 202 valence electrons. The fourth-order valence-electron chi connectivity index (χ4n) is 4.04. The second-order valence-electron chi connectivity index (χ2n) is 8.90. The number of aliphatic hydroxyl groups is 7. The molecule has 2 aliphatic heterocycles. The first-order valence-electron chi connectivity index (χ1n) is 12.2. The quantitative estimate of drug-likeness (QED) is 0.113. The van der Waals surface area contributed by atoms with Crippen molar-refractivity contribution in [2.75, 3.05) is 19.0 Å². The lowest BCUT2D eigenvalue weighted by molar-refractivity contribution is -0.338. The molecule has 0 spiro atoms. The number of unbranched alkanes of at least 4 members (excludes halogenated alkanes) is 7. The molecular weight excluding hydrogens is 488 g/mol. The van der Waals surface area contributed by atoms with Gasteiger partial charge in [-0.25, -0.2) is 0 Å². The van der Waals surface area contributed by atoms with Crippen molar-refractivity contribution in [1.82, 2.24) is 0 Å². The maximum atomic E-state index is 10.6. The van der Waals surface area contributed by atoms with Gasteiger partial charge in [-0.2, -0.15) is 0 Å². The normalized spacial score (nSPS) is 38.8. The Morgan fingerprint density at radius 2 is 1.29 bits per heavy atom. The van der Waals surface area contributed by atoms with E-state index in [4.69, 9.17) is 14.2 Å². The highest BCUT2D eigenvalue weighted by Gasteiger charge is 2.50. The smallest absolute Gasteiger partial charge is 0.187 e. The van der Waals surface area contributed by atoms with Gasteiger partial charge in [0.1, 0.15) is 54.3 Å². The second-order valence-corrected chi connectivity index (χ2v) is 11.5. The molecule has 0 aliphatic carbocycles. The van der Waals surface area contributed by atoms with Crippen molar-refractivity contribution < 1.29 is 50.0 Å². The lowest BCUT2D eigenvalue weighted by Gasteiger charge is -2.45. The number of hydrogen-bond donors (Lipinski definition) is 7. The van der Waals surface area contributed by atoms with Crippen LogP contribution in [0, 0.1) is 0 Å². The van der Waals surface area contributed by atoms with Crippen LogP contribution in [0.1, 0.15) is 58.3 Å². The minimum Gasteiger partial charge on any atom is -0.394 e. The first-order valence-corrected chi connectivity index (χ1v) is 14.6. The summed E-state index contributed by atoms with van der Waals surface area (Å²) in [6, 6.07) is 0. The van der Waals surface area contributed by atoms with Crippen molar-refractivity contribution in [1.29, 1.82) is 0 Å². The first kappa shape index (κ1) is 30.5. The molecule has 7 N–H and O–H groups in total. The summed E-state index contributed by atoms with van der Waals surface area (Å²) in [5.41, 5.74) is -0.791. The highest BCUT2D eigenvalue weighted by atomic mass is 33.1. The van der Waals surface area contributed by atoms with Crippen LogP contribution in [0.5, 0.6) is 0 Å². The van der Waals surface area contributed by atoms with Gasteiger partial charge in [-0.1, -0.05) is 73.5 Å². The van der Waals surface area contributed by atoms with Gasteiger partial charge in [-0.15, -0.1) is 0 Å². The van der Waals surface area contributed by atoms with Gasteiger partial charge in [0.15, 0.2) is 6.29 Å². The summed E-state index contributed by atoms with van der Waals surface area (Å²) in [5, 5.41) is 70.3. The van der Waals surface area contributed by atoms with Crippen LogP contribution in [0.3, 0.4) is 0 Å². The third-order valence-electron chi connectivity index (χ3n) is 6.20. The summed E-state index contributed by atoms with van der Waals surface area (Å²) < 4.78 is 16.6. The van der Waals surface area contributed by atoms with Gasteiger partial charge in [0.25, 0.3) is 0 Å². The Labute approximate surface area is 209 Å². The maximum Gasteiger partial charge on any atom is 0.187 e. The molecule has 10 atom stereocenters. The van der Waals surface area contributed by atoms with Crippen LogP contribution < -0.4 is 0 Å². The molecule has 0 aromatic carbocycles. The zero-order chi connectivity index (χ0) is 25.1. The van der Waals surface area contributed by atoms with Crippen molar-refractivity contribution in [2.45, 2.75) is 119 Å². The standard InChI is InChI=1S/C22H42O10S2/c1-2-3-4-5-6-7-8-9-10-33-34-22-19(29)17(27)20(14(12-24)31-22)32-21-18(28)16(26)15(25)13(11-23)30-21/h13-29H,2-12H2,1H3/t13-,14-,15-,16+,17-,18-,19-,20-,21-,22+/m1/s1. The molecule has 0 radical (unpaired) electrons. The van der Waals surface area contributed by atoms with Gasteiger partial charge >= 0.3 is 0 Å². The van der Waals surface area contributed by atoms with E-state index < -0.39 is 73.8 Å². The summed E-state index contributed by atoms with van der Waals surface area (Å²) in [5.74, 6) is 0.872. The molecule has 2 saturated heterocycles. The molecule has 2 fully saturated rings. The Kier molecular flexibility index (Phi) is 14.5. The van der Waals surface area contributed by atoms with Crippen molar-refractivity contribution in [3.63, 3.8) is 0 Å². The summed E-state index contributed by atoms with van der Waals surface area (Å²) in [6.07, 6.45) is -2.86. The van der Waals surface area contributed by atoms with E-state index in [2.05, 4.69) is 6.92 Å². The molecule has 34 heavy (non-hydrogen) atoms. The SMILES string of the molecule is CCCCCCCCCCSS[C@@H]1O[C@H](CO)[C@@H](O[C@H]2O[C@H](CO)[C@@H](O)[C@H](O)[C@H]2O)[C@H](O)[C@H]1O. The molecular formula is C22H42O10S2. The zero-order valence-electron chi connectivity index (χ0n) is 19.7. The molecule has 12 heteroatoms. The topological polar surface area (TPSA) is 169 Å². The van der Waals surface area contributed by atoms with Crippen LogP contribution >= 0.6 is 21.6 Å². The van der Waals surface area contributed by atoms with Crippen molar-refractivity contribution >= 4 is 21.6 Å². The molecule has 0 saturated carbocycles. The molecule has 2 rings (SSSR count). The average Bonchev–Trinajstić information content (AvgIpc) is 2.84. The van der Waals surface area contributed by atoms with E-state index in [1.54, 1.807) is 0 Å². The van der Waals surface area contributed by atoms with E-state index in [0.29, 0.717) is 0 Å². The monoisotopic (exact) mass is 530 g/mol. The van der Waals surface area contributed by atoms with Crippen molar-refractivity contribution in [3.05, 3.63) is 0 Å². The first-order chi connectivity index (χ1) is 16.3. The molecule has 0 unspecified atom stereocenters. The van der Waals surface area contributed by atoms with Crippen LogP contribution in [0.25, 0.3) is 0 Å². The molecule has 10 nitrogen and oxygen atoms in total. The lowest BCUT2D eigenvalue weighted by atomic mass is 9.97. The summed E-state index contributed by atoms with van der Waals surface area (Å²) >= 11 is 0. The predicted octanol–water partition coefficient (Wildman–Crippen LogP) is 0.133. The van der Waals surface area contributed by atoms with E-state index in [9.17, 15) is 35.7 Å². The van der Waals surface area contributed by atoms with Gasteiger partial charge in [0, 0.05) is 5.75 Å². The van der Waals surface area contributed by atoms with E-state index in [1.165, 1.54) is 60.1 Å². The number of rotatable bonds is 15. The second kappa shape index (κ2) is 16.2. The number of hydrogen-bond acceptors (Lipinski definition) is 12. The number of ether oxygens (including phenoxy) is 3. The van der Waals surface area contributed by atoms with Crippen molar-refractivity contribution in [3.8, 4) is 0 Å². The highest BCUT2D eigenvalue weighted by Crippen LogP contribution is 2.37. The van der Waals surface area contributed by atoms with E-state index >= 15 is 0 Å². The van der Waals surface area contributed by atoms with Crippen LogP contribution in [-0.2, 0) is 14.2 Å². The Hall–Kier alpha value is 0.300. The van der Waals surface area contributed by atoms with Crippen LogP contribution in [0.2, 0.25) is 0 Å². The molecule has 0 bridgehead atoms. The van der Waals surface area contributed by atoms with Gasteiger partial charge in [0.05, 0.1) is 13.2 Å². The Morgan fingerprint density at radius 3 is 1.91 bits per heavy atom. The highest BCUT2D eigenvalue weighted by molar-refractivity contribution is 8.76. The average molecular weight is 531 g/mol. The summed E-state index contributed by atoms with van der Waals surface area (Å²) in [6.45, 7) is 1.05. The Morgan fingerprint density at radius 1 is 0.676 bits per heavy atom. The van der Waals surface area contributed by atoms with Crippen LogP contribution in [-0.4, -0.2) is 115 Å².